The summed E-state index contributed by atoms with van der Waals surface area (Å²) in [4.78, 5) is 31.3. The van der Waals surface area contributed by atoms with Gasteiger partial charge in [-0.2, -0.15) is 0 Å². The van der Waals surface area contributed by atoms with Crippen molar-refractivity contribution in [2.45, 2.75) is 13.5 Å². The summed E-state index contributed by atoms with van der Waals surface area (Å²) in [7, 11) is 3.72. The van der Waals surface area contributed by atoms with E-state index in [1.165, 1.54) is 0 Å². The van der Waals surface area contributed by atoms with Gasteiger partial charge in [0.15, 0.2) is 0 Å². The van der Waals surface area contributed by atoms with Gasteiger partial charge in [0.1, 0.15) is 5.75 Å². The maximum Gasteiger partial charge on any atom is 0.323 e. The molecule has 0 saturated heterocycles. The van der Waals surface area contributed by atoms with Gasteiger partial charge in [-0.05, 0) is 48.9 Å². The van der Waals surface area contributed by atoms with Gasteiger partial charge in [-0.3, -0.25) is 9.78 Å². The van der Waals surface area contributed by atoms with Crippen LogP contribution in [0.2, 0.25) is 0 Å². The van der Waals surface area contributed by atoms with Crippen LogP contribution < -0.4 is 25.6 Å². The number of urea groups is 1. The monoisotopic (exact) mass is 433 g/mol. The van der Waals surface area contributed by atoms with E-state index >= 15 is 0 Å². The molecule has 0 saturated carbocycles. The summed E-state index contributed by atoms with van der Waals surface area (Å²) < 4.78 is 5.54. The van der Waals surface area contributed by atoms with Gasteiger partial charge in [-0.1, -0.05) is 18.2 Å². The van der Waals surface area contributed by atoms with Crippen molar-refractivity contribution >= 4 is 29.0 Å². The first-order chi connectivity index (χ1) is 15.5. The Morgan fingerprint density at radius 2 is 1.84 bits per heavy atom. The molecule has 0 aliphatic heterocycles. The van der Waals surface area contributed by atoms with Crippen LogP contribution in [0, 0.1) is 0 Å². The average Bonchev–Trinajstić information content (AvgIpc) is 2.79. The van der Waals surface area contributed by atoms with Crippen LogP contribution in [-0.2, 0) is 6.54 Å². The molecule has 0 bridgehead atoms. The molecule has 0 fully saturated rings. The summed E-state index contributed by atoms with van der Waals surface area (Å²) in [5.41, 5.74) is 3.14. The molecule has 0 aliphatic rings. The molecule has 166 valence electrons. The summed E-state index contributed by atoms with van der Waals surface area (Å²) in [5, 5.41) is 8.47. The van der Waals surface area contributed by atoms with Crippen molar-refractivity contribution < 1.29 is 14.3 Å². The molecule has 8 nitrogen and oxygen atoms in total. The topological polar surface area (TPSA) is 95.6 Å². The number of aromatic nitrogens is 1. The Labute approximate surface area is 187 Å². The largest absolute Gasteiger partial charge is 0.492 e. The minimum atomic E-state index is -0.434. The first-order valence-corrected chi connectivity index (χ1v) is 10.3. The SMILES string of the molecule is CCOc1ccccc1NC(=O)Nc1ccc(N(C)C)c(C(=O)NCc2cccnc2)c1. The molecule has 3 aromatic rings. The number of hydrogen-bond acceptors (Lipinski definition) is 5. The van der Waals surface area contributed by atoms with Gasteiger partial charge in [-0.15, -0.1) is 0 Å². The van der Waals surface area contributed by atoms with Crippen molar-refractivity contribution in [2.75, 3.05) is 36.2 Å². The number of rotatable bonds is 8. The van der Waals surface area contributed by atoms with E-state index in [1.54, 1.807) is 42.7 Å². The van der Waals surface area contributed by atoms with Crippen LogP contribution in [0.4, 0.5) is 21.9 Å². The number of amides is 3. The molecule has 32 heavy (non-hydrogen) atoms. The third-order valence-electron chi connectivity index (χ3n) is 4.59. The number of nitrogens with one attached hydrogen (secondary N) is 3. The lowest BCUT2D eigenvalue weighted by atomic mass is 10.1. The smallest absolute Gasteiger partial charge is 0.323 e. The summed E-state index contributed by atoms with van der Waals surface area (Å²) >= 11 is 0. The number of ether oxygens (including phenoxy) is 1. The van der Waals surface area contributed by atoms with Gasteiger partial charge < -0.3 is 25.6 Å². The lowest BCUT2D eigenvalue weighted by Gasteiger charge is -2.19. The Bertz CT molecular complexity index is 1070. The molecule has 2 aromatic carbocycles. The first kappa shape index (κ1) is 22.6. The van der Waals surface area contributed by atoms with E-state index in [0.717, 1.165) is 11.3 Å². The van der Waals surface area contributed by atoms with Gasteiger partial charge in [0.05, 0.1) is 17.9 Å². The Morgan fingerprint density at radius 3 is 2.56 bits per heavy atom. The molecule has 0 aliphatic carbocycles. The fraction of sp³-hybridized carbons (Fsp3) is 0.208. The van der Waals surface area contributed by atoms with Gasteiger partial charge >= 0.3 is 6.03 Å². The highest BCUT2D eigenvalue weighted by molar-refractivity contribution is 6.04. The Balaban J connectivity index is 1.73. The Hall–Kier alpha value is -4.07. The highest BCUT2D eigenvalue weighted by Gasteiger charge is 2.15. The van der Waals surface area contributed by atoms with E-state index < -0.39 is 6.03 Å². The van der Waals surface area contributed by atoms with Gasteiger partial charge in [-0.25, -0.2) is 4.79 Å². The van der Waals surface area contributed by atoms with E-state index in [-0.39, 0.29) is 5.91 Å². The van der Waals surface area contributed by atoms with E-state index in [1.807, 2.05) is 50.2 Å². The van der Waals surface area contributed by atoms with Crippen molar-refractivity contribution in [2.24, 2.45) is 0 Å². The van der Waals surface area contributed by atoms with Gasteiger partial charge in [0.25, 0.3) is 5.91 Å². The van der Waals surface area contributed by atoms with Crippen LogP contribution in [0.5, 0.6) is 5.75 Å². The Morgan fingerprint density at radius 1 is 1.03 bits per heavy atom. The molecular formula is C24H27N5O3. The third kappa shape index (κ3) is 5.98. The maximum atomic E-state index is 12.9. The second-order valence-electron chi connectivity index (χ2n) is 7.18. The van der Waals surface area contributed by atoms with E-state index in [9.17, 15) is 9.59 Å². The second kappa shape index (κ2) is 10.8. The van der Waals surface area contributed by atoms with Crippen molar-refractivity contribution in [3.05, 3.63) is 78.1 Å². The molecule has 1 aromatic heterocycles. The number of hydrogen-bond donors (Lipinski definition) is 3. The van der Waals surface area contributed by atoms with Crippen molar-refractivity contribution in [1.29, 1.82) is 0 Å². The summed E-state index contributed by atoms with van der Waals surface area (Å²) in [6.45, 7) is 2.72. The minimum Gasteiger partial charge on any atom is -0.492 e. The van der Waals surface area contributed by atoms with E-state index in [2.05, 4.69) is 20.9 Å². The van der Waals surface area contributed by atoms with Crippen LogP contribution in [0.1, 0.15) is 22.8 Å². The number of nitrogens with zero attached hydrogens (tertiary/aromatic N) is 2. The van der Waals surface area contributed by atoms with Crippen molar-refractivity contribution in [1.82, 2.24) is 10.3 Å². The quantitative estimate of drug-likeness (QED) is 0.497. The predicted molar refractivity (Wildman–Crippen MR) is 126 cm³/mol. The number of carbonyl (C=O) groups excluding carboxylic acids is 2. The molecule has 3 N–H and O–H groups in total. The average molecular weight is 434 g/mol. The zero-order valence-electron chi connectivity index (χ0n) is 18.4. The molecule has 0 atom stereocenters. The van der Waals surface area contributed by atoms with Gasteiger partial charge in [0.2, 0.25) is 0 Å². The first-order valence-electron chi connectivity index (χ1n) is 10.3. The lowest BCUT2D eigenvalue weighted by molar-refractivity contribution is 0.0951. The van der Waals surface area contributed by atoms with Crippen LogP contribution >= 0.6 is 0 Å². The fourth-order valence-corrected chi connectivity index (χ4v) is 3.10. The van der Waals surface area contributed by atoms with Crippen molar-refractivity contribution in [3.63, 3.8) is 0 Å². The summed E-state index contributed by atoms with van der Waals surface area (Å²) in [5.74, 6) is 0.340. The van der Waals surface area contributed by atoms with Crippen LogP contribution in [0.3, 0.4) is 0 Å². The number of benzene rings is 2. The molecule has 1 heterocycles. The second-order valence-corrected chi connectivity index (χ2v) is 7.18. The number of pyridine rings is 1. The highest BCUT2D eigenvalue weighted by Crippen LogP contribution is 2.25. The normalized spacial score (nSPS) is 10.2. The molecule has 3 amide bonds. The number of para-hydroxylation sites is 2. The maximum absolute atomic E-state index is 12.9. The highest BCUT2D eigenvalue weighted by atomic mass is 16.5. The Kier molecular flexibility index (Phi) is 7.64. The minimum absolute atomic E-state index is 0.247. The molecule has 8 heteroatoms. The third-order valence-corrected chi connectivity index (χ3v) is 4.59. The van der Waals surface area contributed by atoms with E-state index in [0.29, 0.717) is 35.8 Å². The van der Waals surface area contributed by atoms with Crippen molar-refractivity contribution in [3.8, 4) is 5.75 Å². The molecule has 0 unspecified atom stereocenters. The number of anilines is 3. The van der Waals surface area contributed by atoms with Crippen LogP contribution in [0.25, 0.3) is 0 Å². The zero-order valence-corrected chi connectivity index (χ0v) is 18.4. The molecule has 3 rings (SSSR count). The summed E-state index contributed by atoms with van der Waals surface area (Å²) in [6, 6.07) is 15.7. The lowest BCUT2D eigenvalue weighted by Crippen LogP contribution is -2.26. The fourth-order valence-electron chi connectivity index (χ4n) is 3.10. The molecular weight excluding hydrogens is 406 g/mol. The zero-order chi connectivity index (χ0) is 22.9. The predicted octanol–water partition coefficient (Wildman–Crippen LogP) is 4.12. The standard InChI is InChI=1S/C24H27N5O3/c1-4-32-22-10-6-5-9-20(22)28-24(31)27-18-11-12-21(29(2)3)19(14-18)23(30)26-16-17-8-7-13-25-15-17/h5-15H,4,16H2,1-3H3,(H,26,30)(H2,27,28,31). The summed E-state index contributed by atoms with van der Waals surface area (Å²) in [6.07, 6.45) is 3.39. The van der Waals surface area contributed by atoms with E-state index in [4.69, 9.17) is 4.74 Å². The molecule has 0 spiro atoms. The number of carbonyl (C=O) groups is 2. The van der Waals surface area contributed by atoms with Crippen LogP contribution in [-0.4, -0.2) is 37.6 Å². The molecule has 0 radical (unpaired) electrons. The van der Waals surface area contributed by atoms with Crippen LogP contribution in [0.15, 0.2) is 67.0 Å². The van der Waals surface area contributed by atoms with Gasteiger partial charge in [0, 0.05) is 44.4 Å².